The summed E-state index contributed by atoms with van der Waals surface area (Å²) in [4.78, 5) is 18.6. The van der Waals surface area contributed by atoms with Gasteiger partial charge in [-0.2, -0.15) is 0 Å². The van der Waals surface area contributed by atoms with Crippen LogP contribution < -0.4 is 15.6 Å². The van der Waals surface area contributed by atoms with E-state index in [4.69, 9.17) is 9.47 Å². The molecule has 0 unspecified atom stereocenters. The summed E-state index contributed by atoms with van der Waals surface area (Å²) in [5, 5.41) is 18.9. The number of fused-ring (bicyclic) bond motifs is 1. The summed E-state index contributed by atoms with van der Waals surface area (Å²) in [7, 11) is 0. The Morgan fingerprint density at radius 2 is 1.83 bits per heavy atom. The first-order valence-corrected chi connectivity index (χ1v) is 12.3. The highest BCUT2D eigenvalue weighted by Gasteiger charge is 2.34. The lowest BCUT2D eigenvalue weighted by Crippen LogP contribution is -2.67. The first kappa shape index (κ1) is 25.3. The van der Waals surface area contributed by atoms with E-state index in [1.54, 1.807) is 20.8 Å². The van der Waals surface area contributed by atoms with Gasteiger partial charge in [-0.25, -0.2) is 9.78 Å². The van der Waals surface area contributed by atoms with Crippen LogP contribution in [0.25, 0.3) is 10.2 Å². The van der Waals surface area contributed by atoms with Gasteiger partial charge in [0.1, 0.15) is 16.4 Å². The largest absolute Gasteiger partial charge is 0.460 e. The Balaban J connectivity index is 1.22. The highest BCUT2D eigenvalue weighted by Crippen LogP contribution is 2.31. The third-order valence-corrected chi connectivity index (χ3v) is 6.32. The molecule has 2 heterocycles. The second-order valence-corrected chi connectivity index (χ2v) is 10.6. The predicted molar refractivity (Wildman–Crippen MR) is 131 cm³/mol. The highest BCUT2D eigenvalue weighted by atomic mass is 32.1. The van der Waals surface area contributed by atoms with Crippen molar-refractivity contribution in [3.63, 3.8) is 0 Å². The smallest absolute Gasteiger partial charge is 0.440 e. The monoisotopic (exact) mass is 502 g/mol. The summed E-state index contributed by atoms with van der Waals surface area (Å²) >= 11 is 1.52. The standard InChI is InChI=1S/C24H31N5O5S/c1-24(2,3)34-22(30)27-29(31,32)26-18-12-14-28(15-13-18)16-17-8-10-19(11-9-17)33-23-25-20-6-4-5-7-21(20)35-23/h4-11,18,26,31-32H,12-16H2,1-3H3/p+1. The van der Waals surface area contributed by atoms with E-state index in [0.717, 1.165) is 41.2 Å². The van der Waals surface area contributed by atoms with Gasteiger partial charge in [0.2, 0.25) is 0 Å². The molecule has 10 nitrogen and oxygen atoms in total. The van der Waals surface area contributed by atoms with E-state index in [1.807, 2.05) is 54.0 Å². The molecule has 0 bridgehead atoms. The number of carbonyl (C=O) groups excluding carboxylic acids is 1. The van der Waals surface area contributed by atoms with Crippen molar-refractivity contribution in [3.05, 3.63) is 54.1 Å². The number of ether oxygens (including phenoxy) is 2. The topological polar surface area (TPSA) is 116 Å². The van der Waals surface area contributed by atoms with Crippen molar-refractivity contribution in [3.8, 4) is 10.9 Å². The number of aromatic nitrogens is 1. The van der Waals surface area contributed by atoms with E-state index in [0.29, 0.717) is 18.0 Å². The van der Waals surface area contributed by atoms with Crippen LogP contribution in [0.1, 0.15) is 39.2 Å². The number of nitrogens with one attached hydrogen (secondary N) is 2. The number of amides is 1. The van der Waals surface area contributed by atoms with Gasteiger partial charge in [0.05, 0.1) is 16.3 Å². The van der Waals surface area contributed by atoms with Gasteiger partial charge in [-0.1, -0.05) is 46.5 Å². The van der Waals surface area contributed by atoms with Crippen LogP contribution in [0.15, 0.2) is 48.5 Å². The van der Waals surface area contributed by atoms with Crippen LogP contribution in [-0.2, 0) is 11.3 Å². The molecule has 4 rings (SSSR count). The van der Waals surface area contributed by atoms with Gasteiger partial charge in [-0.05, 0) is 63.4 Å². The molecular formula is C24H32N5O5S+. The summed E-state index contributed by atoms with van der Waals surface area (Å²) in [6, 6.07) is 15.7. The average molecular weight is 503 g/mol. The molecule has 3 aromatic rings. The van der Waals surface area contributed by atoms with E-state index in [-0.39, 0.29) is 6.04 Å². The summed E-state index contributed by atoms with van der Waals surface area (Å²) in [6.07, 6.45) is 0.453. The first-order chi connectivity index (χ1) is 16.5. The lowest BCUT2D eigenvalue weighted by Gasteiger charge is -2.33. The summed E-state index contributed by atoms with van der Waals surface area (Å²) in [6.45, 7) is 7.41. The molecule has 1 fully saturated rings. The number of hydrogen-bond donors (Lipinski definition) is 4. The molecule has 35 heavy (non-hydrogen) atoms. The minimum Gasteiger partial charge on any atom is -0.440 e. The van der Waals surface area contributed by atoms with Crippen molar-refractivity contribution in [1.82, 2.24) is 20.7 Å². The zero-order chi connectivity index (χ0) is 25.1. The molecular weight excluding hydrogens is 470 g/mol. The Labute approximate surface area is 208 Å². The number of quaternary nitrogens is 1. The number of rotatable bonds is 7. The summed E-state index contributed by atoms with van der Waals surface area (Å²) in [5.41, 5.74) is 5.97. The van der Waals surface area contributed by atoms with E-state index in [1.165, 1.54) is 11.3 Å². The Morgan fingerprint density at radius 1 is 1.14 bits per heavy atom. The van der Waals surface area contributed by atoms with Crippen molar-refractivity contribution in [2.75, 3.05) is 13.1 Å². The molecule has 4 N–H and O–H groups in total. The molecule has 1 saturated heterocycles. The maximum absolute atomic E-state index is 11.8. The third kappa shape index (κ3) is 7.59. The van der Waals surface area contributed by atoms with Gasteiger partial charge in [-0.15, -0.1) is 10.4 Å². The maximum atomic E-state index is 11.8. The molecule has 0 radical (unpaired) electrons. The molecule has 11 heteroatoms. The number of carbonyl (C=O) groups is 1. The van der Waals surface area contributed by atoms with Crippen molar-refractivity contribution >= 4 is 27.6 Å². The van der Waals surface area contributed by atoms with Gasteiger partial charge in [0.25, 0.3) is 5.19 Å². The molecule has 2 aromatic carbocycles. The fourth-order valence-corrected chi connectivity index (χ4v) is 4.69. The SMILES string of the molecule is CC(C)(C)OC(=O)N[N+](O)(O)NC1CCN(Cc2ccc(Oc3nc4ccccc4s3)cc2)CC1. The average Bonchev–Trinajstić information content (AvgIpc) is 3.17. The van der Waals surface area contributed by atoms with E-state index in [2.05, 4.69) is 15.3 Å². The predicted octanol–water partition coefficient (Wildman–Crippen LogP) is 4.59. The molecule has 0 atom stereocenters. The van der Waals surface area contributed by atoms with Crippen LogP contribution in [0.4, 0.5) is 4.79 Å². The molecule has 1 aliphatic heterocycles. The Morgan fingerprint density at radius 3 is 2.49 bits per heavy atom. The van der Waals surface area contributed by atoms with Crippen LogP contribution in [0, 0.1) is 0 Å². The van der Waals surface area contributed by atoms with Gasteiger partial charge in [-0.3, -0.25) is 4.90 Å². The fraction of sp³-hybridized carbons (Fsp3) is 0.417. The van der Waals surface area contributed by atoms with Crippen LogP contribution in [0.3, 0.4) is 0 Å². The van der Waals surface area contributed by atoms with Crippen molar-refractivity contribution in [2.45, 2.75) is 51.8 Å². The number of para-hydroxylation sites is 1. The van der Waals surface area contributed by atoms with Crippen LogP contribution in [0.5, 0.6) is 10.9 Å². The molecule has 0 spiro atoms. The number of piperidine rings is 1. The van der Waals surface area contributed by atoms with Crippen LogP contribution in [0.2, 0.25) is 0 Å². The lowest BCUT2D eigenvalue weighted by molar-refractivity contribution is -1.30. The normalized spacial score (nSPS) is 15.8. The lowest BCUT2D eigenvalue weighted by atomic mass is 10.0. The van der Waals surface area contributed by atoms with Gasteiger partial charge < -0.3 is 9.47 Å². The molecule has 1 aliphatic rings. The Bertz CT molecular complexity index is 1100. The van der Waals surface area contributed by atoms with E-state index in [9.17, 15) is 15.2 Å². The van der Waals surface area contributed by atoms with E-state index < -0.39 is 16.7 Å². The Kier molecular flexibility index (Phi) is 7.55. The number of thiazole rings is 1. The zero-order valence-corrected chi connectivity index (χ0v) is 20.9. The summed E-state index contributed by atoms with van der Waals surface area (Å²) in [5.74, 6) is 0.744. The fourth-order valence-electron chi connectivity index (χ4n) is 3.85. The van der Waals surface area contributed by atoms with E-state index >= 15 is 0 Å². The Hall–Kier alpha value is -2.80. The summed E-state index contributed by atoms with van der Waals surface area (Å²) < 4.78 is 12.1. The van der Waals surface area contributed by atoms with Gasteiger partial charge in [0, 0.05) is 19.6 Å². The third-order valence-electron chi connectivity index (χ3n) is 5.41. The minimum absolute atomic E-state index is 0.180. The van der Waals surface area contributed by atoms with Gasteiger partial charge >= 0.3 is 6.09 Å². The number of likely N-dealkylation sites (tertiary alicyclic amines) is 1. The quantitative estimate of drug-likeness (QED) is 0.274. The zero-order valence-electron chi connectivity index (χ0n) is 20.1. The number of benzene rings is 2. The number of nitrogens with zero attached hydrogens (tertiary/aromatic N) is 3. The number of hydrogen-bond acceptors (Lipinski definition) is 9. The second-order valence-electron chi connectivity index (χ2n) is 9.59. The van der Waals surface area contributed by atoms with Crippen LogP contribution >= 0.6 is 11.3 Å². The second kappa shape index (κ2) is 10.4. The van der Waals surface area contributed by atoms with Crippen LogP contribution in [-0.4, -0.2) is 56.2 Å². The molecule has 0 aliphatic carbocycles. The highest BCUT2D eigenvalue weighted by molar-refractivity contribution is 7.20. The van der Waals surface area contributed by atoms with Gasteiger partial charge in [0.15, 0.2) is 0 Å². The molecule has 0 saturated carbocycles. The van der Waals surface area contributed by atoms with Crippen molar-refractivity contribution in [2.24, 2.45) is 0 Å². The maximum Gasteiger partial charge on any atom is 0.460 e. The molecule has 1 amide bonds. The first-order valence-electron chi connectivity index (χ1n) is 11.5. The minimum atomic E-state index is -1.82. The van der Waals surface area contributed by atoms with Crippen molar-refractivity contribution in [1.29, 1.82) is 0 Å². The van der Waals surface area contributed by atoms with Crippen molar-refractivity contribution < 1.29 is 29.7 Å². The molecule has 1 aromatic heterocycles. The molecule has 188 valence electrons.